The first-order valence-corrected chi connectivity index (χ1v) is 10.5. The van der Waals surface area contributed by atoms with Gasteiger partial charge in [-0.2, -0.15) is 0 Å². The van der Waals surface area contributed by atoms with Crippen molar-refractivity contribution in [3.8, 4) is 17.2 Å². The lowest BCUT2D eigenvalue weighted by molar-refractivity contribution is -0.123. The fourth-order valence-electron chi connectivity index (χ4n) is 2.75. The lowest BCUT2D eigenvalue weighted by atomic mass is 10.2. The van der Waals surface area contributed by atoms with Crippen LogP contribution in [0.3, 0.4) is 0 Å². The fourth-order valence-corrected chi connectivity index (χ4v) is 3.62. The normalized spacial score (nSPS) is 15.2. The van der Waals surface area contributed by atoms with Crippen molar-refractivity contribution < 1.29 is 23.8 Å². The minimum atomic E-state index is -0.311. The van der Waals surface area contributed by atoms with Crippen molar-refractivity contribution in [3.63, 3.8) is 0 Å². The molecule has 2 aromatic carbocycles. The monoisotopic (exact) mass is 427 g/mol. The summed E-state index contributed by atoms with van der Waals surface area (Å²) in [7, 11) is 1.56. The summed E-state index contributed by atoms with van der Waals surface area (Å²) in [6.07, 6.45) is 1.72. The Hall–Kier alpha value is -2.93. The highest BCUT2D eigenvalue weighted by molar-refractivity contribution is 8.18. The summed E-state index contributed by atoms with van der Waals surface area (Å²) >= 11 is 0.936. The Morgan fingerprint density at radius 3 is 2.37 bits per heavy atom. The highest BCUT2D eigenvalue weighted by atomic mass is 32.2. The van der Waals surface area contributed by atoms with Gasteiger partial charge in [0.25, 0.3) is 11.1 Å². The molecule has 1 fully saturated rings. The molecule has 0 saturated carbocycles. The van der Waals surface area contributed by atoms with Gasteiger partial charge in [-0.15, -0.1) is 0 Å². The van der Waals surface area contributed by atoms with E-state index in [1.165, 1.54) is 4.90 Å². The van der Waals surface area contributed by atoms with Crippen LogP contribution in [0.2, 0.25) is 0 Å². The van der Waals surface area contributed by atoms with Crippen LogP contribution in [0.1, 0.15) is 19.4 Å². The van der Waals surface area contributed by atoms with E-state index in [0.717, 1.165) is 23.1 Å². The molecule has 0 unspecified atom stereocenters. The molecule has 0 aromatic heterocycles. The van der Waals surface area contributed by atoms with Gasteiger partial charge in [-0.3, -0.25) is 14.5 Å². The van der Waals surface area contributed by atoms with Crippen LogP contribution in [-0.2, 0) is 4.79 Å². The number of carbonyl (C=O) groups excluding carboxylic acids is 2. The summed E-state index contributed by atoms with van der Waals surface area (Å²) in [6.45, 7) is 5.18. The van der Waals surface area contributed by atoms with Crippen LogP contribution in [-0.4, -0.2) is 42.9 Å². The van der Waals surface area contributed by atoms with Gasteiger partial charge < -0.3 is 14.2 Å². The van der Waals surface area contributed by atoms with E-state index < -0.39 is 0 Å². The molecule has 3 rings (SSSR count). The minimum Gasteiger partial charge on any atom is -0.493 e. The van der Waals surface area contributed by atoms with Gasteiger partial charge in [-0.1, -0.05) is 38.1 Å². The van der Waals surface area contributed by atoms with Crippen molar-refractivity contribution in [2.45, 2.75) is 13.8 Å². The van der Waals surface area contributed by atoms with Gasteiger partial charge in [0.15, 0.2) is 11.5 Å². The zero-order valence-electron chi connectivity index (χ0n) is 17.3. The summed E-state index contributed by atoms with van der Waals surface area (Å²) in [4.78, 5) is 26.5. The van der Waals surface area contributed by atoms with E-state index >= 15 is 0 Å². The smallest absolute Gasteiger partial charge is 0.293 e. The van der Waals surface area contributed by atoms with Crippen molar-refractivity contribution in [3.05, 3.63) is 59.0 Å². The van der Waals surface area contributed by atoms with Gasteiger partial charge in [-0.05, 0) is 53.6 Å². The number of para-hydroxylation sites is 2. The second-order valence-corrected chi connectivity index (χ2v) is 8.10. The molecule has 6 nitrogen and oxygen atoms in total. The first-order chi connectivity index (χ1) is 14.5. The van der Waals surface area contributed by atoms with E-state index in [0.29, 0.717) is 28.9 Å². The van der Waals surface area contributed by atoms with E-state index in [1.807, 2.05) is 36.4 Å². The minimum absolute atomic E-state index is 0.169. The number of hydrogen-bond donors (Lipinski definition) is 0. The maximum atomic E-state index is 12.6. The molecule has 7 heteroatoms. The number of benzene rings is 2. The molecular formula is C23H25NO5S. The molecule has 1 aliphatic heterocycles. The lowest BCUT2D eigenvalue weighted by Gasteiger charge is -2.14. The Morgan fingerprint density at radius 1 is 1.00 bits per heavy atom. The Balaban J connectivity index is 1.58. The largest absolute Gasteiger partial charge is 0.493 e. The van der Waals surface area contributed by atoms with Crippen molar-refractivity contribution in [2.75, 3.05) is 26.9 Å². The number of imide groups is 1. The number of carbonyl (C=O) groups is 2. The fraction of sp³-hybridized carbons (Fsp3) is 0.304. The van der Waals surface area contributed by atoms with E-state index in [9.17, 15) is 9.59 Å². The zero-order chi connectivity index (χ0) is 21.5. The maximum absolute atomic E-state index is 12.6. The third-order valence-electron chi connectivity index (χ3n) is 4.28. The summed E-state index contributed by atoms with van der Waals surface area (Å²) in [5.74, 6) is 2.09. The zero-order valence-corrected chi connectivity index (χ0v) is 18.1. The van der Waals surface area contributed by atoms with E-state index in [-0.39, 0.29) is 24.3 Å². The Morgan fingerprint density at radius 2 is 1.70 bits per heavy atom. The van der Waals surface area contributed by atoms with Gasteiger partial charge in [0.2, 0.25) is 0 Å². The molecule has 0 bridgehead atoms. The quantitative estimate of drug-likeness (QED) is 0.533. The van der Waals surface area contributed by atoms with Gasteiger partial charge in [0.1, 0.15) is 12.4 Å². The van der Waals surface area contributed by atoms with Crippen molar-refractivity contribution in [2.24, 2.45) is 5.92 Å². The van der Waals surface area contributed by atoms with Crippen molar-refractivity contribution >= 4 is 29.0 Å². The molecule has 1 aliphatic rings. The Bertz CT molecular complexity index is 923. The Kier molecular flexibility index (Phi) is 7.41. The molecule has 0 N–H and O–H groups in total. The van der Waals surface area contributed by atoms with Crippen LogP contribution >= 0.6 is 11.8 Å². The van der Waals surface area contributed by atoms with Crippen molar-refractivity contribution in [1.82, 2.24) is 4.90 Å². The number of rotatable bonds is 9. The van der Waals surface area contributed by atoms with Gasteiger partial charge in [-0.25, -0.2) is 0 Å². The number of hydrogen-bond acceptors (Lipinski definition) is 6. The third kappa shape index (κ3) is 5.57. The van der Waals surface area contributed by atoms with Crippen LogP contribution in [0.4, 0.5) is 4.79 Å². The van der Waals surface area contributed by atoms with E-state index in [2.05, 4.69) is 13.8 Å². The SMILES string of the molecule is COc1ccccc1OCCN1C(=O)S/C(=C\c2ccc(OCC(C)C)cc2)C1=O. The standard InChI is InChI=1S/C23H25NO5S/c1-16(2)15-29-18-10-8-17(9-11-18)14-21-22(25)24(23(26)30-21)12-13-28-20-7-5-4-6-19(20)27-3/h4-11,14,16H,12-13,15H2,1-3H3/b21-14-. The average molecular weight is 428 g/mol. The molecule has 2 amide bonds. The summed E-state index contributed by atoms with van der Waals surface area (Å²) < 4.78 is 16.6. The van der Waals surface area contributed by atoms with Crippen LogP contribution in [0.15, 0.2) is 53.4 Å². The molecule has 0 radical (unpaired) electrons. The molecule has 0 spiro atoms. The summed E-state index contributed by atoms with van der Waals surface area (Å²) in [5, 5.41) is -0.299. The molecule has 158 valence electrons. The lowest BCUT2D eigenvalue weighted by Crippen LogP contribution is -2.32. The first kappa shape index (κ1) is 21.8. The second kappa shape index (κ2) is 10.2. The van der Waals surface area contributed by atoms with Crippen LogP contribution in [0.25, 0.3) is 6.08 Å². The molecule has 1 heterocycles. The predicted molar refractivity (Wildman–Crippen MR) is 118 cm³/mol. The molecular weight excluding hydrogens is 402 g/mol. The maximum Gasteiger partial charge on any atom is 0.293 e. The van der Waals surface area contributed by atoms with Gasteiger partial charge in [0.05, 0.1) is 25.2 Å². The van der Waals surface area contributed by atoms with E-state index in [4.69, 9.17) is 14.2 Å². The predicted octanol–water partition coefficient (Wildman–Crippen LogP) is 4.85. The number of methoxy groups -OCH3 is 1. The topological polar surface area (TPSA) is 65.1 Å². The summed E-state index contributed by atoms with van der Waals surface area (Å²) in [6, 6.07) is 14.7. The van der Waals surface area contributed by atoms with E-state index in [1.54, 1.807) is 25.3 Å². The van der Waals surface area contributed by atoms with Crippen LogP contribution < -0.4 is 14.2 Å². The molecule has 0 atom stereocenters. The second-order valence-electron chi connectivity index (χ2n) is 7.11. The third-order valence-corrected chi connectivity index (χ3v) is 5.18. The highest BCUT2D eigenvalue weighted by Crippen LogP contribution is 2.32. The first-order valence-electron chi connectivity index (χ1n) is 9.72. The Labute approximate surface area is 180 Å². The van der Waals surface area contributed by atoms with Gasteiger partial charge in [0, 0.05) is 0 Å². The highest BCUT2D eigenvalue weighted by Gasteiger charge is 2.34. The molecule has 1 saturated heterocycles. The van der Waals surface area contributed by atoms with Crippen LogP contribution in [0.5, 0.6) is 17.2 Å². The average Bonchev–Trinajstić information content (AvgIpc) is 3.01. The number of nitrogens with zero attached hydrogens (tertiary/aromatic N) is 1. The molecule has 2 aromatic rings. The number of ether oxygens (including phenoxy) is 3. The summed E-state index contributed by atoms with van der Waals surface area (Å²) in [5.41, 5.74) is 0.836. The van der Waals surface area contributed by atoms with Crippen LogP contribution in [0, 0.1) is 5.92 Å². The number of thioether (sulfide) groups is 1. The number of amides is 2. The van der Waals surface area contributed by atoms with Gasteiger partial charge >= 0.3 is 0 Å². The van der Waals surface area contributed by atoms with Crippen molar-refractivity contribution in [1.29, 1.82) is 0 Å². The molecule has 30 heavy (non-hydrogen) atoms. The molecule has 0 aliphatic carbocycles.